The number of amides is 1. The van der Waals surface area contributed by atoms with Gasteiger partial charge in [0.1, 0.15) is 6.26 Å². The minimum Gasteiger partial charge on any atom is -0.365 e. The van der Waals surface area contributed by atoms with E-state index in [-0.39, 0.29) is 0 Å². The Hall–Kier alpha value is -1.45. The first-order chi connectivity index (χ1) is 4.30. The molecule has 0 saturated carbocycles. The summed E-state index contributed by atoms with van der Waals surface area (Å²) in [6.07, 6.45) is 3.80. The Balaban J connectivity index is 2.69. The fourth-order valence-electron chi connectivity index (χ4n) is 0.392. The molecule has 1 aliphatic heterocycles. The Morgan fingerprint density at radius 3 is 2.67 bits per heavy atom. The molecule has 0 aliphatic carbocycles. The van der Waals surface area contributed by atoms with Gasteiger partial charge in [-0.25, -0.2) is 0 Å². The first-order valence-corrected chi connectivity index (χ1v) is 2.29. The van der Waals surface area contributed by atoms with Crippen LogP contribution in [0.3, 0.4) is 0 Å². The Morgan fingerprint density at radius 1 is 1.56 bits per heavy atom. The van der Waals surface area contributed by atoms with E-state index in [2.05, 4.69) is 9.78 Å². The van der Waals surface area contributed by atoms with Crippen LogP contribution < -0.4 is 5.73 Å². The van der Waals surface area contributed by atoms with Gasteiger partial charge in [-0.1, -0.05) is 0 Å². The minimum atomic E-state index is -0.533. The first-order valence-electron chi connectivity index (χ1n) is 2.29. The van der Waals surface area contributed by atoms with Crippen LogP contribution in [0.2, 0.25) is 0 Å². The van der Waals surface area contributed by atoms with Gasteiger partial charge in [-0.3, -0.25) is 14.6 Å². The molecule has 4 nitrogen and oxygen atoms in total. The van der Waals surface area contributed by atoms with E-state index < -0.39 is 5.91 Å². The molecule has 0 bridgehead atoms. The van der Waals surface area contributed by atoms with Crippen molar-refractivity contribution in [1.29, 1.82) is 0 Å². The number of hydrogen-bond acceptors (Lipinski definition) is 3. The molecule has 0 unspecified atom stereocenters. The molecule has 48 valence electrons. The van der Waals surface area contributed by atoms with Crippen molar-refractivity contribution in [3.63, 3.8) is 0 Å². The zero-order chi connectivity index (χ0) is 6.69. The summed E-state index contributed by atoms with van der Waals surface area (Å²) in [5.41, 5.74) is 5.17. The monoisotopic (exact) mass is 127 g/mol. The second-order valence-electron chi connectivity index (χ2n) is 1.43. The van der Waals surface area contributed by atoms with Crippen molar-refractivity contribution in [2.24, 2.45) is 5.73 Å². The molecule has 0 aromatic carbocycles. The summed E-state index contributed by atoms with van der Waals surface area (Å²) in [5.74, 6) is -0.533. The molecule has 0 fully saturated rings. The highest BCUT2D eigenvalue weighted by molar-refractivity contribution is 5.94. The number of primary amides is 1. The van der Waals surface area contributed by atoms with Crippen LogP contribution in [0, 0.1) is 0 Å². The summed E-state index contributed by atoms with van der Waals surface area (Å²) >= 11 is 0. The van der Waals surface area contributed by atoms with Gasteiger partial charge in [0, 0.05) is 0 Å². The van der Waals surface area contributed by atoms with Crippen molar-refractivity contribution in [2.45, 2.75) is 0 Å². The predicted molar refractivity (Wildman–Crippen MR) is 28.6 cm³/mol. The summed E-state index contributed by atoms with van der Waals surface area (Å²) < 4.78 is 0. The maximum atomic E-state index is 10.3. The zero-order valence-corrected chi connectivity index (χ0v) is 4.53. The third-order valence-corrected chi connectivity index (χ3v) is 0.818. The van der Waals surface area contributed by atoms with E-state index in [1.54, 1.807) is 0 Å². The standard InChI is InChI=1S/C5H5NO3/c6-5(7)4-1-2-8-9-3-4/h1-3H,(H2,6,7). The van der Waals surface area contributed by atoms with Crippen molar-refractivity contribution in [1.82, 2.24) is 0 Å². The average Bonchev–Trinajstić information content (AvgIpc) is 1.90. The van der Waals surface area contributed by atoms with E-state index in [0.717, 1.165) is 6.26 Å². The SMILES string of the molecule is NC(=O)C1=COOC=C1. The average molecular weight is 127 g/mol. The van der Waals surface area contributed by atoms with Gasteiger partial charge in [0.05, 0.1) is 5.57 Å². The number of rotatable bonds is 1. The summed E-state index contributed by atoms with van der Waals surface area (Å²) in [6.45, 7) is 0. The van der Waals surface area contributed by atoms with Gasteiger partial charge in [-0.2, -0.15) is 0 Å². The zero-order valence-electron chi connectivity index (χ0n) is 4.53. The topological polar surface area (TPSA) is 61.6 Å². The van der Waals surface area contributed by atoms with Gasteiger partial charge < -0.3 is 5.73 Å². The van der Waals surface area contributed by atoms with E-state index in [4.69, 9.17) is 5.73 Å². The molecule has 2 N–H and O–H groups in total. The molecule has 0 radical (unpaired) electrons. The van der Waals surface area contributed by atoms with Crippen LogP contribution in [0.25, 0.3) is 0 Å². The normalized spacial score (nSPS) is 15.3. The van der Waals surface area contributed by atoms with Crippen LogP contribution >= 0.6 is 0 Å². The van der Waals surface area contributed by atoms with Gasteiger partial charge in [0.2, 0.25) is 0 Å². The van der Waals surface area contributed by atoms with Gasteiger partial charge in [0.25, 0.3) is 5.91 Å². The summed E-state index contributed by atoms with van der Waals surface area (Å²) in [4.78, 5) is 18.9. The van der Waals surface area contributed by atoms with Crippen molar-refractivity contribution in [2.75, 3.05) is 0 Å². The quantitative estimate of drug-likeness (QED) is 0.497. The lowest BCUT2D eigenvalue weighted by atomic mass is 10.3. The predicted octanol–water partition coefficient (Wildman–Crippen LogP) is -0.169. The highest BCUT2D eigenvalue weighted by Gasteiger charge is 2.03. The Bertz CT molecular complexity index is 183. The highest BCUT2D eigenvalue weighted by Crippen LogP contribution is 2.02. The van der Waals surface area contributed by atoms with Gasteiger partial charge in [-0.05, 0) is 6.08 Å². The summed E-state index contributed by atoms with van der Waals surface area (Å²) in [5, 5.41) is 0. The van der Waals surface area contributed by atoms with E-state index >= 15 is 0 Å². The molecule has 9 heavy (non-hydrogen) atoms. The molecular weight excluding hydrogens is 122 g/mol. The van der Waals surface area contributed by atoms with Crippen molar-refractivity contribution in [3.05, 3.63) is 24.2 Å². The number of hydrogen-bond donors (Lipinski definition) is 1. The molecule has 1 heterocycles. The molecule has 1 aliphatic rings. The molecular formula is C5H5NO3. The van der Waals surface area contributed by atoms with Crippen LogP contribution in [0.5, 0.6) is 0 Å². The highest BCUT2D eigenvalue weighted by atomic mass is 17.2. The van der Waals surface area contributed by atoms with E-state index in [1.807, 2.05) is 0 Å². The summed E-state index contributed by atoms with van der Waals surface area (Å²) in [7, 11) is 0. The Kier molecular flexibility index (Phi) is 1.40. The second-order valence-corrected chi connectivity index (χ2v) is 1.43. The molecule has 0 aromatic rings. The fraction of sp³-hybridized carbons (Fsp3) is 0. The Labute approximate surface area is 51.5 Å². The maximum Gasteiger partial charge on any atom is 0.252 e. The van der Waals surface area contributed by atoms with E-state index in [9.17, 15) is 4.79 Å². The smallest absolute Gasteiger partial charge is 0.252 e. The second kappa shape index (κ2) is 2.21. The van der Waals surface area contributed by atoms with Gasteiger partial charge >= 0.3 is 0 Å². The number of carbonyl (C=O) groups excluding carboxylic acids is 1. The van der Waals surface area contributed by atoms with Crippen molar-refractivity contribution >= 4 is 5.91 Å². The molecule has 0 saturated heterocycles. The lowest BCUT2D eigenvalue weighted by Crippen LogP contribution is -2.13. The maximum absolute atomic E-state index is 10.3. The van der Waals surface area contributed by atoms with Gasteiger partial charge in [-0.15, -0.1) is 0 Å². The van der Waals surface area contributed by atoms with Crippen LogP contribution in [0.15, 0.2) is 24.2 Å². The molecule has 1 amide bonds. The van der Waals surface area contributed by atoms with Crippen LogP contribution in [-0.2, 0) is 14.6 Å². The van der Waals surface area contributed by atoms with Crippen LogP contribution in [0.1, 0.15) is 0 Å². The van der Waals surface area contributed by atoms with Crippen LogP contribution in [0.4, 0.5) is 0 Å². The molecule has 0 atom stereocenters. The van der Waals surface area contributed by atoms with E-state index in [0.29, 0.717) is 5.57 Å². The summed E-state index contributed by atoms with van der Waals surface area (Å²) in [6, 6.07) is 0. The lowest BCUT2D eigenvalue weighted by Gasteiger charge is -2.01. The number of nitrogens with two attached hydrogens (primary N) is 1. The lowest BCUT2D eigenvalue weighted by molar-refractivity contribution is -0.199. The third-order valence-electron chi connectivity index (χ3n) is 0.818. The molecule has 4 heteroatoms. The molecule has 1 rings (SSSR count). The number of carbonyl (C=O) groups is 1. The van der Waals surface area contributed by atoms with Crippen LogP contribution in [-0.4, -0.2) is 5.91 Å². The largest absolute Gasteiger partial charge is 0.365 e. The van der Waals surface area contributed by atoms with Gasteiger partial charge in [0.15, 0.2) is 6.26 Å². The molecule has 0 aromatic heterocycles. The molecule has 0 spiro atoms. The van der Waals surface area contributed by atoms with Crippen molar-refractivity contribution in [3.8, 4) is 0 Å². The Morgan fingerprint density at radius 2 is 2.33 bits per heavy atom. The van der Waals surface area contributed by atoms with E-state index in [1.165, 1.54) is 12.3 Å². The fourth-order valence-corrected chi connectivity index (χ4v) is 0.392. The first kappa shape index (κ1) is 5.68. The third kappa shape index (κ3) is 1.22. The minimum absolute atomic E-state index is 0.293. The van der Waals surface area contributed by atoms with Crippen molar-refractivity contribution < 1.29 is 14.6 Å².